The second-order valence-electron chi connectivity index (χ2n) is 4.64. The van der Waals surface area contributed by atoms with E-state index in [1.54, 1.807) is 0 Å². The minimum Gasteiger partial charge on any atom is -0.491 e. The standard InChI is InChI=1S/C13H19N3O4/c14-12-3-2-11(16(17)18)10-13(12)20-7-1-4-15-5-8-19-9-6-15/h2-3,10H,1,4-9,14H2. The van der Waals surface area contributed by atoms with E-state index in [0.29, 0.717) is 18.0 Å². The molecule has 1 aromatic rings. The van der Waals surface area contributed by atoms with Crippen LogP contribution in [0.2, 0.25) is 0 Å². The average molecular weight is 281 g/mol. The Labute approximate surface area is 117 Å². The molecule has 0 aliphatic carbocycles. The zero-order valence-electron chi connectivity index (χ0n) is 11.3. The molecule has 1 aliphatic heterocycles. The van der Waals surface area contributed by atoms with E-state index in [2.05, 4.69) is 4.90 Å². The van der Waals surface area contributed by atoms with Crippen molar-refractivity contribution < 1.29 is 14.4 Å². The number of non-ortho nitro benzene ring substituents is 1. The third-order valence-corrected chi connectivity index (χ3v) is 3.19. The largest absolute Gasteiger partial charge is 0.491 e. The lowest BCUT2D eigenvalue weighted by molar-refractivity contribution is -0.384. The predicted octanol–water partition coefficient (Wildman–Crippen LogP) is 1.28. The number of nitrogens with zero attached hydrogens (tertiary/aromatic N) is 2. The van der Waals surface area contributed by atoms with Gasteiger partial charge in [0.15, 0.2) is 0 Å². The Kier molecular flexibility index (Phi) is 5.14. The second-order valence-corrected chi connectivity index (χ2v) is 4.64. The van der Waals surface area contributed by atoms with Gasteiger partial charge in [0, 0.05) is 25.7 Å². The van der Waals surface area contributed by atoms with Gasteiger partial charge in [0.2, 0.25) is 0 Å². The first-order valence-corrected chi connectivity index (χ1v) is 6.63. The lowest BCUT2D eigenvalue weighted by atomic mass is 10.2. The van der Waals surface area contributed by atoms with E-state index in [4.69, 9.17) is 15.2 Å². The SMILES string of the molecule is Nc1ccc([N+](=O)[O-])cc1OCCCN1CCOCC1. The van der Waals surface area contributed by atoms with Gasteiger partial charge in [-0.3, -0.25) is 15.0 Å². The first-order chi connectivity index (χ1) is 9.66. The molecule has 1 heterocycles. The van der Waals surface area contributed by atoms with Gasteiger partial charge in [-0.15, -0.1) is 0 Å². The number of ether oxygens (including phenoxy) is 2. The van der Waals surface area contributed by atoms with E-state index >= 15 is 0 Å². The smallest absolute Gasteiger partial charge is 0.273 e. The molecule has 0 aromatic heterocycles. The molecule has 1 saturated heterocycles. The summed E-state index contributed by atoms with van der Waals surface area (Å²) in [4.78, 5) is 12.5. The molecular weight excluding hydrogens is 262 g/mol. The summed E-state index contributed by atoms with van der Waals surface area (Å²) in [7, 11) is 0. The highest BCUT2D eigenvalue weighted by molar-refractivity contribution is 5.57. The summed E-state index contributed by atoms with van der Waals surface area (Å²) in [5, 5.41) is 10.7. The Morgan fingerprint density at radius 1 is 1.40 bits per heavy atom. The summed E-state index contributed by atoms with van der Waals surface area (Å²) < 4.78 is 10.8. The summed E-state index contributed by atoms with van der Waals surface area (Å²) in [5.74, 6) is 0.376. The van der Waals surface area contributed by atoms with Crippen LogP contribution in [0.1, 0.15) is 6.42 Å². The van der Waals surface area contributed by atoms with E-state index in [1.807, 2.05) is 0 Å². The van der Waals surface area contributed by atoms with Crippen molar-refractivity contribution in [1.29, 1.82) is 0 Å². The van der Waals surface area contributed by atoms with Crippen molar-refractivity contribution in [2.75, 3.05) is 45.2 Å². The number of rotatable bonds is 6. The maximum atomic E-state index is 10.7. The van der Waals surface area contributed by atoms with Gasteiger partial charge in [-0.05, 0) is 12.5 Å². The Hall–Kier alpha value is -1.86. The van der Waals surface area contributed by atoms with Crippen molar-refractivity contribution in [1.82, 2.24) is 4.90 Å². The summed E-state index contributed by atoms with van der Waals surface area (Å²) >= 11 is 0. The molecule has 0 bridgehead atoms. The molecule has 0 atom stereocenters. The van der Waals surface area contributed by atoms with Crippen LogP contribution in [0, 0.1) is 10.1 Å². The molecule has 7 nitrogen and oxygen atoms in total. The first kappa shape index (κ1) is 14.5. The molecule has 0 saturated carbocycles. The lowest BCUT2D eigenvalue weighted by Gasteiger charge is -2.26. The van der Waals surface area contributed by atoms with Gasteiger partial charge in [-0.1, -0.05) is 0 Å². The van der Waals surface area contributed by atoms with Crippen molar-refractivity contribution in [2.24, 2.45) is 0 Å². The molecule has 1 fully saturated rings. The Balaban J connectivity index is 1.78. The fourth-order valence-corrected chi connectivity index (χ4v) is 2.06. The molecule has 1 aromatic carbocycles. The molecule has 2 rings (SSSR count). The van der Waals surface area contributed by atoms with E-state index in [-0.39, 0.29) is 5.69 Å². The third-order valence-electron chi connectivity index (χ3n) is 3.19. The zero-order chi connectivity index (χ0) is 14.4. The Morgan fingerprint density at radius 3 is 2.85 bits per heavy atom. The molecule has 0 unspecified atom stereocenters. The molecule has 0 radical (unpaired) electrons. The zero-order valence-corrected chi connectivity index (χ0v) is 11.3. The van der Waals surface area contributed by atoms with Crippen LogP contribution in [0.3, 0.4) is 0 Å². The monoisotopic (exact) mass is 281 g/mol. The number of hydrogen-bond donors (Lipinski definition) is 1. The van der Waals surface area contributed by atoms with Crippen molar-refractivity contribution >= 4 is 11.4 Å². The number of nitrogen functional groups attached to an aromatic ring is 1. The van der Waals surface area contributed by atoms with E-state index in [9.17, 15) is 10.1 Å². The number of nitrogens with two attached hydrogens (primary N) is 1. The quantitative estimate of drug-likeness (QED) is 0.365. The van der Waals surface area contributed by atoms with E-state index < -0.39 is 4.92 Å². The predicted molar refractivity (Wildman–Crippen MR) is 74.9 cm³/mol. The number of nitro groups is 1. The summed E-state index contributed by atoms with van der Waals surface area (Å²) in [6, 6.07) is 4.23. The fraction of sp³-hybridized carbons (Fsp3) is 0.538. The number of morpholine rings is 1. The minimum absolute atomic E-state index is 0.0117. The normalized spacial score (nSPS) is 16.0. The fourth-order valence-electron chi connectivity index (χ4n) is 2.06. The van der Waals surface area contributed by atoms with Crippen LogP contribution in [-0.2, 0) is 4.74 Å². The molecule has 0 amide bonds. The highest BCUT2D eigenvalue weighted by Gasteiger charge is 2.11. The summed E-state index contributed by atoms with van der Waals surface area (Å²) in [5.41, 5.74) is 6.15. The lowest BCUT2D eigenvalue weighted by Crippen LogP contribution is -2.37. The highest BCUT2D eigenvalue weighted by Crippen LogP contribution is 2.26. The van der Waals surface area contributed by atoms with Crippen LogP contribution in [0.4, 0.5) is 11.4 Å². The van der Waals surface area contributed by atoms with E-state index in [0.717, 1.165) is 39.3 Å². The number of anilines is 1. The maximum absolute atomic E-state index is 10.7. The van der Waals surface area contributed by atoms with Crippen LogP contribution in [0.15, 0.2) is 18.2 Å². The van der Waals surface area contributed by atoms with Crippen LogP contribution in [0.5, 0.6) is 5.75 Å². The van der Waals surface area contributed by atoms with Gasteiger partial charge in [-0.2, -0.15) is 0 Å². The number of benzene rings is 1. The number of nitro benzene ring substituents is 1. The van der Waals surface area contributed by atoms with Crippen molar-refractivity contribution in [2.45, 2.75) is 6.42 Å². The average Bonchev–Trinajstić information content (AvgIpc) is 2.46. The van der Waals surface area contributed by atoms with Gasteiger partial charge in [-0.25, -0.2) is 0 Å². The Bertz CT molecular complexity index is 461. The molecule has 7 heteroatoms. The molecule has 20 heavy (non-hydrogen) atoms. The van der Waals surface area contributed by atoms with Crippen LogP contribution >= 0.6 is 0 Å². The first-order valence-electron chi connectivity index (χ1n) is 6.63. The van der Waals surface area contributed by atoms with Crippen LogP contribution in [-0.4, -0.2) is 49.3 Å². The molecular formula is C13H19N3O4. The van der Waals surface area contributed by atoms with Crippen molar-refractivity contribution in [3.8, 4) is 5.75 Å². The van der Waals surface area contributed by atoms with Gasteiger partial charge in [0.1, 0.15) is 5.75 Å². The maximum Gasteiger partial charge on any atom is 0.273 e. The van der Waals surface area contributed by atoms with Crippen molar-refractivity contribution in [3.63, 3.8) is 0 Å². The summed E-state index contributed by atoms with van der Waals surface area (Å²) in [6.45, 7) is 4.86. The number of hydrogen-bond acceptors (Lipinski definition) is 6. The van der Waals surface area contributed by atoms with Gasteiger partial charge < -0.3 is 15.2 Å². The van der Waals surface area contributed by atoms with Gasteiger partial charge >= 0.3 is 0 Å². The van der Waals surface area contributed by atoms with Crippen LogP contribution in [0.25, 0.3) is 0 Å². The molecule has 1 aliphatic rings. The van der Waals surface area contributed by atoms with Crippen LogP contribution < -0.4 is 10.5 Å². The molecule has 110 valence electrons. The van der Waals surface area contributed by atoms with Gasteiger partial charge in [0.05, 0.1) is 36.5 Å². The summed E-state index contributed by atoms with van der Waals surface area (Å²) in [6.07, 6.45) is 0.849. The van der Waals surface area contributed by atoms with E-state index in [1.165, 1.54) is 18.2 Å². The highest BCUT2D eigenvalue weighted by atomic mass is 16.6. The topological polar surface area (TPSA) is 90.9 Å². The third kappa shape index (κ3) is 4.07. The molecule has 0 spiro atoms. The second kappa shape index (κ2) is 7.06. The minimum atomic E-state index is -0.458. The molecule has 2 N–H and O–H groups in total. The Morgan fingerprint density at radius 2 is 2.15 bits per heavy atom. The van der Waals surface area contributed by atoms with Gasteiger partial charge in [0.25, 0.3) is 5.69 Å². The van der Waals surface area contributed by atoms with Crippen molar-refractivity contribution in [3.05, 3.63) is 28.3 Å².